The Labute approximate surface area is 108 Å². The highest BCUT2D eigenvalue weighted by Crippen LogP contribution is 2.24. The van der Waals surface area contributed by atoms with Gasteiger partial charge < -0.3 is 9.73 Å². The van der Waals surface area contributed by atoms with Crippen LogP contribution in [0.25, 0.3) is 5.78 Å². The number of hydrogen-bond acceptors (Lipinski definition) is 5. The maximum atomic E-state index is 6.23. The molecule has 3 aromatic heterocycles. The SMILES string of the molecule is Cc1nc2ncnn2c(NCc2ccco2)c1Cl. The third kappa shape index (κ3) is 1.80. The van der Waals surface area contributed by atoms with Gasteiger partial charge in [-0.25, -0.2) is 4.98 Å². The summed E-state index contributed by atoms with van der Waals surface area (Å²) >= 11 is 6.23. The highest BCUT2D eigenvalue weighted by atomic mass is 35.5. The quantitative estimate of drug-likeness (QED) is 0.785. The average Bonchev–Trinajstić information content (AvgIpc) is 3.00. The molecule has 0 saturated heterocycles. The first-order valence-electron chi connectivity index (χ1n) is 5.38. The average molecular weight is 264 g/mol. The lowest BCUT2D eigenvalue weighted by atomic mass is 10.4. The van der Waals surface area contributed by atoms with Gasteiger partial charge in [-0.1, -0.05) is 11.6 Å². The van der Waals surface area contributed by atoms with Crippen LogP contribution >= 0.6 is 11.6 Å². The van der Waals surface area contributed by atoms with E-state index in [1.807, 2.05) is 19.1 Å². The van der Waals surface area contributed by atoms with Crippen LogP contribution in [0.2, 0.25) is 5.02 Å². The minimum atomic E-state index is 0.513. The molecule has 0 aromatic carbocycles. The summed E-state index contributed by atoms with van der Waals surface area (Å²) < 4.78 is 6.82. The van der Waals surface area contributed by atoms with E-state index in [1.165, 1.54) is 6.33 Å². The molecule has 1 N–H and O–H groups in total. The van der Waals surface area contributed by atoms with Gasteiger partial charge in [0.1, 0.15) is 17.1 Å². The van der Waals surface area contributed by atoms with Gasteiger partial charge in [-0.3, -0.25) is 0 Å². The van der Waals surface area contributed by atoms with Crippen LogP contribution in [-0.2, 0) is 6.54 Å². The first-order valence-corrected chi connectivity index (χ1v) is 5.75. The van der Waals surface area contributed by atoms with Gasteiger partial charge in [-0.05, 0) is 19.1 Å². The van der Waals surface area contributed by atoms with Gasteiger partial charge in [-0.15, -0.1) is 0 Å². The molecule has 0 aliphatic heterocycles. The van der Waals surface area contributed by atoms with E-state index in [1.54, 1.807) is 10.8 Å². The predicted molar refractivity (Wildman–Crippen MR) is 66.6 cm³/mol. The molecule has 7 heteroatoms. The second kappa shape index (κ2) is 4.30. The zero-order chi connectivity index (χ0) is 12.5. The number of hydrogen-bond donors (Lipinski definition) is 1. The van der Waals surface area contributed by atoms with Gasteiger partial charge in [0, 0.05) is 0 Å². The van der Waals surface area contributed by atoms with E-state index in [4.69, 9.17) is 16.0 Å². The van der Waals surface area contributed by atoms with Gasteiger partial charge in [0.15, 0.2) is 5.82 Å². The monoisotopic (exact) mass is 263 g/mol. The number of rotatable bonds is 3. The molecule has 3 rings (SSSR count). The summed E-state index contributed by atoms with van der Waals surface area (Å²) in [6, 6.07) is 3.72. The van der Waals surface area contributed by atoms with E-state index in [0.29, 0.717) is 28.9 Å². The van der Waals surface area contributed by atoms with Gasteiger partial charge in [0.05, 0.1) is 18.5 Å². The highest BCUT2D eigenvalue weighted by molar-refractivity contribution is 6.33. The summed E-state index contributed by atoms with van der Waals surface area (Å²) in [5, 5.41) is 7.79. The van der Waals surface area contributed by atoms with E-state index < -0.39 is 0 Å². The molecule has 18 heavy (non-hydrogen) atoms. The summed E-state index contributed by atoms with van der Waals surface area (Å²) in [6.45, 7) is 2.35. The molecule has 0 fully saturated rings. The van der Waals surface area contributed by atoms with Crippen LogP contribution in [0.4, 0.5) is 5.82 Å². The molecular formula is C11H10ClN5O. The molecule has 3 aromatic rings. The molecular weight excluding hydrogens is 254 g/mol. The number of anilines is 1. The molecule has 6 nitrogen and oxygen atoms in total. The molecule has 0 unspecified atom stereocenters. The number of fused-ring (bicyclic) bond motifs is 1. The Balaban J connectivity index is 1.99. The summed E-state index contributed by atoms with van der Waals surface area (Å²) in [4.78, 5) is 8.28. The lowest BCUT2D eigenvalue weighted by Crippen LogP contribution is -2.07. The zero-order valence-corrected chi connectivity index (χ0v) is 10.3. The predicted octanol–water partition coefficient (Wildman–Crippen LogP) is 2.29. The third-order valence-corrected chi connectivity index (χ3v) is 3.00. The summed E-state index contributed by atoms with van der Waals surface area (Å²) in [5.41, 5.74) is 0.708. The minimum absolute atomic E-state index is 0.513. The summed E-state index contributed by atoms with van der Waals surface area (Å²) in [7, 11) is 0. The largest absolute Gasteiger partial charge is 0.467 e. The van der Waals surface area contributed by atoms with Gasteiger partial charge in [0.25, 0.3) is 5.78 Å². The highest BCUT2D eigenvalue weighted by Gasteiger charge is 2.12. The first kappa shape index (κ1) is 11.0. The van der Waals surface area contributed by atoms with E-state index in [2.05, 4.69) is 20.4 Å². The molecule has 0 atom stereocenters. The fraction of sp³-hybridized carbons (Fsp3) is 0.182. The number of aromatic nitrogens is 4. The number of nitrogens with one attached hydrogen (secondary N) is 1. The van der Waals surface area contributed by atoms with Crippen molar-refractivity contribution in [2.75, 3.05) is 5.32 Å². The molecule has 0 aliphatic carbocycles. The Morgan fingerprint density at radius 1 is 1.50 bits per heavy atom. The van der Waals surface area contributed by atoms with Crippen LogP contribution in [0.1, 0.15) is 11.5 Å². The van der Waals surface area contributed by atoms with Crippen molar-refractivity contribution in [1.82, 2.24) is 19.6 Å². The second-order valence-corrected chi connectivity index (χ2v) is 4.14. The number of nitrogens with zero attached hydrogens (tertiary/aromatic N) is 4. The van der Waals surface area contributed by atoms with E-state index in [9.17, 15) is 0 Å². The molecule has 0 saturated carbocycles. The van der Waals surface area contributed by atoms with E-state index in [0.717, 1.165) is 5.76 Å². The molecule has 0 aliphatic rings. The minimum Gasteiger partial charge on any atom is -0.467 e. The van der Waals surface area contributed by atoms with Crippen molar-refractivity contribution in [3.63, 3.8) is 0 Å². The maximum absolute atomic E-state index is 6.23. The third-order valence-electron chi connectivity index (χ3n) is 2.54. The summed E-state index contributed by atoms with van der Waals surface area (Å²) in [6.07, 6.45) is 3.07. The summed E-state index contributed by atoms with van der Waals surface area (Å²) in [5.74, 6) is 1.99. The number of aryl methyl sites for hydroxylation is 1. The Morgan fingerprint density at radius 2 is 2.39 bits per heavy atom. The lowest BCUT2D eigenvalue weighted by Gasteiger charge is -2.09. The van der Waals surface area contributed by atoms with Crippen LogP contribution in [0.3, 0.4) is 0 Å². The normalized spacial score (nSPS) is 11.0. The topological polar surface area (TPSA) is 68.2 Å². The van der Waals surface area contributed by atoms with Gasteiger partial charge in [-0.2, -0.15) is 14.6 Å². The van der Waals surface area contributed by atoms with E-state index in [-0.39, 0.29) is 0 Å². The van der Waals surface area contributed by atoms with Crippen molar-refractivity contribution in [3.8, 4) is 0 Å². The van der Waals surface area contributed by atoms with Crippen LogP contribution in [0.15, 0.2) is 29.1 Å². The zero-order valence-electron chi connectivity index (χ0n) is 9.59. The van der Waals surface area contributed by atoms with Crippen molar-refractivity contribution < 1.29 is 4.42 Å². The standard InChI is InChI=1S/C11H10ClN5O/c1-7-9(12)10(13-5-8-3-2-4-18-8)17-11(16-7)14-6-15-17/h2-4,6,13H,5H2,1H3. The van der Waals surface area contributed by atoms with E-state index >= 15 is 0 Å². The number of halogens is 1. The molecule has 0 spiro atoms. The smallest absolute Gasteiger partial charge is 0.254 e. The van der Waals surface area contributed by atoms with Crippen molar-refractivity contribution in [3.05, 3.63) is 41.2 Å². The Bertz CT molecular complexity index is 676. The Hall–Kier alpha value is -2.08. The van der Waals surface area contributed by atoms with Crippen LogP contribution in [0, 0.1) is 6.92 Å². The lowest BCUT2D eigenvalue weighted by molar-refractivity contribution is 0.517. The van der Waals surface area contributed by atoms with Crippen molar-refractivity contribution in [2.24, 2.45) is 0 Å². The van der Waals surface area contributed by atoms with Gasteiger partial charge >= 0.3 is 0 Å². The van der Waals surface area contributed by atoms with Crippen LogP contribution < -0.4 is 5.32 Å². The van der Waals surface area contributed by atoms with Crippen molar-refractivity contribution in [2.45, 2.75) is 13.5 Å². The van der Waals surface area contributed by atoms with Crippen LogP contribution in [0.5, 0.6) is 0 Å². The number of furan rings is 1. The molecule has 92 valence electrons. The second-order valence-electron chi connectivity index (χ2n) is 3.76. The van der Waals surface area contributed by atoms with Crippen LogP contribution in [-0.4, -0.2) is 19.6 Å². The molecule has 0 bridgehead atoms. The first-order chi connectivity index (χ1) is 8.75. The van der Waals surface area contributed by atoms with Gasteiger partial charge in [0.2, 0.25) is 0 Å². The molecule has 0 radical (unpaired) electrons. The Kier molecular flexibility index (Phi) is 2.64. The fourth-order valence-corrected chi connectivity index (χ4v) is 1.86. The Morgan fingerprint density at radius 3 is 3.17 bits per heavy atom. The molecule has 0 amide bonds. The van der Waals surface area contributed by atoms with Crippen molar-refractivity contribution in [1.29, 1.82) is 0 Å². The maximum Gasteiger partial charge on any atom is 0.254 e. The molecule has 3 heterocycles. The fourth-order valence-electron chi connectivity index (χ4n) is 1.67. The van der Waals surface area contributed by atoms with Crippen molar-refractivity contribution >= 4 is 23.2 Å².